The summed E-state index contributed by atoms with van der Waals surface area (Å²) in [6, 6.07) is 1.86. The minimum atomic E-state index is 0.0120. The van der Waals surface area contributed by atoms with Crippen LogP contribution in [0.4, 0.5) is 5.82 Å². The van der Waals surface area contributed by atoms with Gasteiger partial charge in [-0.1, -0.05) is 20.8 Å². The summed E-state index contributed by atoms with van der Waals surface area (Å²) in [5.74, 6) is 0.649. The van der Waals surface area contributed by atoms with E-state index in [2.05, 4.69) is 36.1 Å². The summed E-state index contributed by atoms with van der Waals surface area (Å²) < 4.78 is 1.66. The molecular formula is C11H17N5. The van der Waals surface area contributed by atoms with Crippen molar-refractivity contribution in [2.45, 2.75) is 26.2 Å². The number of anilines is 1. The Kier molecular flexibility index (Phi) is 2.26. The van der Waals surface area contributed by atoms with E-state index in [-0.39, 0.29) is 5.41 Å². The van der Waals surface area contributed by atoms with Crippen molar-refractivity contribution >= 4 is 5.82 Å². The standard InChI is InChI=1S/C11H17N5/c1-11(2,3)10-7(6-13-14-10)8-5-9(12)16(4)15-8/h5-6H,12H2,1-4H3,(H,13,14). The number of nitrogens with two attached hydrogens (primary N) is 1. The molecule has 0 saturated heterocycles. The van der Waals surface area contributed by atoms with E-state index < -0.39 is 0 Å². The van der Waals surface area contributed by atoms with Gasteiger partial charge >= 0.3 is 0 Å². The molecule has 0 atom stereocenters. The Balaban J connectivity index is 2.53. The Labute approximate surface area is 94.7 Å². The first-order chi connectivity index (χ1) is 7.39. The molecule has 0 radical (unpaired) electrons. The van der Waals surface area contributed by atoms with Crippen LogP contribution < -0.4 is 5.73 Å². The van der Waals surface area contributed by atoms with E-state index in [9.17, 15) is 0 Å². The lowest BCUT2D eigenvalue weighted by Crippen LogP contribution is -2.13. The van der Waals surface area contributed by atoms with Crippen LogP contribution in [-0.2, 0) is 12.5 Å². The summed E-state index contributed by atoms with van der Waals surface area (Å²) >= 11 is 0. The maximum absolute atomic E-state index is 5.78. The molecular weight excluding hydrogens is 202 g/mol. The molecule has 0 bridgehead atoms. The van der Waals surface area contributed by atoms with E-state index in [1.165, 1.54) is 0 Å². The van der Waals surface area contributed by atoms with Gasteiger partial charge in [-0.3, -0.25) is 9.78 Å². The zero-order valence-corrected chi connectivity index (χ0v) is 10.1. The number of rotatable bonds is 1. The van der Waals surface area contributed by atoms with Gasteiger partial charge in [0, 0.05) is 29.8 Å². The monoisotopic (exact) mass is 219 g/mol. The third-order valence-corrected chi connectivity index (χ3v) is 2.58. The van der Waals surface area contributed by atoms with E-state index in [4.69, 9.17) is 5.73 Å². The second kappa shape index (κ2) is 3.37. The molecule has 2 heterocycles. The normalized spacial score (nSPS) is 12.0. The zero-order valence-electron chi connectivity index (χ0n) is 10.1. The second-order valence-corrected chi connectivity index (χ2v) is 4.99. The van der Waals surface area contributed by atoms with E-state index in [1.807, 2.05) is 13.1 Å². The fraction of sp³-hybridized carbons (Fsp3) is 0.455. The smallest absolute Gasteiger partial charge is 0.121 e. The minimum absolute atomic E-state index is 0.0120. The van der Waals surface area contributed by atoms with Crippen molar-refractivity contribution in [3.8, 4) is 11.3 Å². The van der Waals surface area contributed by atoms with Crippen LogP contribution in [-0.4, -0.2) is 20.0 Å². The average molecular weight is 219 g/mol. The topological polar surface area (TPSA) is 72.5 Å². The van der Waals surface area contributed by atoms with Crippen molar-refractivity contribution in [1.29, 1.82) is 0 Å². The highest BCUT2D eigenvalue weighted by Gasteiger charge is 2.22. The van der Waals surface area contributed by atoms with Crippen LogP contribution in [0.15, 0.2) is 12.3 Å². The largest absolute Gasteiger partial charge is 0.384 e. The van der Waals surface area contributed by atoms with Crippen molar-refractivity contribution in [1.82, 2.24) is 20.0 Å². The van der Waals surface area contributed by atoms with Crippen LogP contribution in [0, 0.1) is 0 Å². The Morgan fingerprint density at radius 3 is 2.56 bits per heavy atom. The van der Waals surface area contributed by atoms with Gasteiger partial charge in [0.1, 0.15) is 5.82 Å². The highest BCUT2D eigenvalue weighted by molar-refractivity contribution is 5.65. The molecule has 0 fully saturated rings. The first-order valence-electron chi connectivity index (χ1n) is 5.23. The van der Waals surface area contributed by atoms with Crippen molar-refractivity contribution in [2.75, 3.05) is 5.73 Å². The highest BCUT2D eigenvalue weighted by atomic mass is 15.3. The van der Waals surface area contributed by atoms with Gasteiger partial charge in [-0.2, -0.15) is 10.2 Å². The number of hydrogen-bond acceptors (Lipinski definition) is 3. The second-order valence-electron chi connectivity index (χ2n) is 4.99. The molecule has 5 heteroatoms. The summed E-state index contributed by atoms with van der Waals surface area (Å²) in [5.41, 5.74) is 8.74. The predicted molar refractivity (Wildman–Crippen MR) is 63.9 cm³/mol. The highest BCUT2D eigenvalue weighted by Crippen LogP contribution is 2.30. The van der Waals surface area contributed by atoms with E-state index >= 15 is 0 Å². The van der Waals surface area contributed by atoms with Crippen LogP contribution in [0.25, 0.3) is 11.3 Å². The number of nitrogens with zero attached hydrogens (tertiary/aromatic N) is 3. The van der Waals surface area contributed by atoms with Crippen LogP contribution in [0.5, 0.6) is 0 Å². The van der Waals surface area contributed by atoms with E-state index in [0.717, 1.165) is 17.0 Å². The Bertz CT molecular complexity index is 481. The van der Waals surface area contributed by atoms with Crippen LogP contribution >= 0.6 is 0 Å². The van der Waals surface area contributed by atoms with Gasteiger partial charge in [-0.15, -0.1) is 0 Å². The number of aryl methyl sites for hydroxylation is 1. The van der Waals surface area contributed by atoms with Gasteiger partial charge in [-0.05, 0) is 0 Å². The van der Waals surface area contributed by atoms with Gasteiger partial charge in [0.05, 0.1) is 11.9 Å². The van der Waals surface area contributed by atoms with Crippen molar-refractivity contribution in [3.05, 3.63) is 18.0 Å². The number of hydrogen-bond donors (Lipinski definition) is 2. The first kappa shape index (κ1) is 10.7. The Morgan fingerprint density at radius 2 is 2.06 bits per heavy atom. The fourth-order valence-electron chi connectivity index (χ4n) is 1.67. The van der Waals surface area contributed by atoms with Gasteiger partial charge in [0.15, 0.2) is 0 Å². The maximum Gasteiger partial charge on any atom is 0.121 e. The van der Waals surface area contributed by atoms with Crippen LogP contribution in [0.2, 0.25) is 0 Å². The first-order valence-corrected chi connectivity index (χ1v) is 5.23. The fourth-order valence-corrected chi connectivity index (χ4v) is 1.67. The molecule has 0 spiro atoms. The minimum Gasteiger partial charge on any atom is -0.384 e. The predicted octanol–water partition coefficient (Wildman–Crippen LogP) is 1.69. The van der Waals surface area contributed by atoms with Crippen LogP contribution in [0.1, 0.15) is 26.5 Å². The molecule has 0 aliphatic heterocycles. The van der Waals surface area contributed by atoms with Gasteiger partial charge in [0.2, 0.25) is 0 Å². The number of nitrogen functional groups attached to an aromatic ring is 1. The molecule has 0 saturated carbocycles. The Morgan fingerprint density at radius 1 is 1.38 bits per heavy atom. The molecule has 2 aromatic heterocycles. The molecule has 3 N–H and O–H groups in total. The summed E-state index contributed by atoms with van der Waals surface area (Å²) in [6.45, 7) is 6.41. The van der Waals surface area contributed by atoms with Gasteiger partial charge < -0.3 is 5.73 Å². The van der Waals surface area contributed by atoms with Crippen molar-refractivity contribution in [2.24, 2.45) is 7.05 Å². The molecule has 0 amide bonds. The average Bonchev–Trinajstić information content (AvgIpc) is 2.72. The number of aromatic amines is 1. The molecule has 0 unspecified atom stereocenters. The quantitative estimate of drug-likeness (QED) is 0.766. The van der Waals surface area contributed by atoms with Gasteiger partial charge in [0.25, 0.3) is 0 Å². The maximum atomic E-state index is 5.78. The molecule has 2 aromatic rings. The SMILES string of the molecule is Cn1nc(-c2cn[nH]c2C(C)(C)C)cc1N. The number of nitrogens with one attached hydrogen (secondary N) is 1. The summed E-state index contributed by atoms with van der Waals surface area (Å²) in [4.78, 5) is 0. The summed E-state index contributed by atoms with van der Waals surface area (Å²) in [6.07, 6.45) is 1.79. The lowest BCUT2D eigenvalue weighted by atomic mass is 9.89. The molecule has 16 heavy (non-hydrogen) atoms. The molecule has 0 aromatic carbocycles. The number of aromatic nitrogens is 4. The van der Waals surface area contributed by atoms with Crippen LogP contribution in [0.3, 0.4) is 0 Å². The van der Waals surface area contributed by atoms with E-state index in [1.54, 1.807) is 10.9 Å². The zero-order chi connectivity index (χ0) is 11.9. The molecule has 2 rings (SSSR count). The third kappa shape index (κ3) is 1.68. The van der Waals surface area contributed by atoms with E-state index in [0.29, 0.717) is 5.82 Å². The van der Waals surface area contributed by atoms with Crippen molar-refractivity contribution in [3.63, 3.8) is 0 Å². The lowest BCUT2D eigenvalue weighted by molar-refractivity contribution is 0.568. The summed E-state index contributed by atoms with van der Waals surface area (Å²) in [5, 5.41) is 11.5. The number of H-pyrrole nitrogens is 1. The lowest BCUT2D eigenvalue weighted by Gasteiger charge is -2.17. The molecule has 0 aliphatic carbocycles. The van der Waals surface area contributed by atoms with Crippen molar-refractivity contribution < 1.29 is 0 Å². The molecule has 86 valence electrons. The molecule has 5 nitrogen and oxygen atoms in total. The molecule has 0 aliphatic rings. The summed E-state index contributed by atoms with van der Waals surface area (Å²) in [7, 11) is 1.83. The third-order valence-electron chi connectivity index (χ3n) is 2.58. The van der Waals surface area contributed by atoms with Gasteiger partial charge in [-0.25, -0.2) is 0 Å². The Hall–Kier alpha value is -1.78.